The lowest BCUT2D eigenvalue weighted by atomic mass is 10.2. The average Bonchev–Trinajstić information content (AvgIpc) is 1.95. The van der Waals surface area contributed by atoms with E-state index in [0.29, 0.717) is 0 Å². The summed E-state index contributed by atoms with van der Waals surface area (Å²) in [6, 6.07) is 1.10. The minimum absolute atomic E-state index is 0.850. The fourth-order valence-corrected chi connectivity index (χ4v) is 10.0. The molecular weight excluding hydrogens is 248 g/mol. The van der Waals surface area contributed by atoms with E-state index in [4.69, 9.17) is 9.22 Å². The molecule has 0 rings (SSSR count). The number of hydrogen-bond donors (Lipinski definition) is 1. The second kappa shape index (κ2) is 6.51. The van der Waals surface area contributed by atoms with Crippen molar-refractivity contribution in [1.82, 2.24) is 0 Å². The molecule has 0 aromatic carbocycles. The molecule has 0 aliphatic heterocycles. The van der Waals surface area contributed by atoms with Crippen LogP contribution in [-0.4, -0.2) is 27.7 Å². The predicted octanol–water partition coefficient (Wildman–Crippen LogP) is 3.85. The summed E-state index contributed by atoms with van der Waals surface area (Å²) in [6.07, 6.45) is 3.19. The monoisotopic (exact) mass is 274 g/mol. The van der Waals surface area contributed by atoms with E-state index in [1.807, 2.05) is 6.92 Å². The van der Waals surface area contributed by atoms with Crippen LogP contribution < -0.4 is 0 Å². The Bertz CT molecular complexity index is 291. The van der Waals surface area contributed by atoms with E-state index in [2.05, 4.69) is 32.7 Å². The van der Waals surface area contributed by atoms with E-state index in [1.165, 1.54) is 6.08 Å². The quantitative estimate of drug-likeness (QED) is 0.566. The van der Waals surface area contributed by atoms with E-state index in [9.17, 15) is 4.79 Å². The van der Waals surface area contributed by atoms with Crippen molar-refractivity contribution >= 4 is 22.6 Å². The highest BCUT2D eigenvalue weighted by atomic mass is 28.4. The highest BCUT2D eigenvalue weighted by Crippen LogP contribution is 2.21. The van der Waals surface area contributed by atoms with Gasteiger partial charge >= 0.3 is 5.97 Å². The van der Waals surface area contributed by atoms with Crippen LogP contribution in [0.15, 0.2) is 11.6 Å². The van der Waals surface area contributed by atoms with Crippen LogP contribution in [-0.2, 0) is 8.91 Å². The summed E-state index contributed by atoms with van der Waals surface area (Å²) in [7, 11) is -3.00. The van der Waals surface area contributed by atoms with Gasteiger partial charge in [0.25, 0.3) is 0 Å². The van der Waals surface area contributed by atoms with E-state index < -0.39 is 22.6 Å². The molecule has 1 N–H and O–H groups in total. The Morgan fingerprint density at radius 2 is 1.76 bits per heavy atom. The zero-order valence-corrected chi connectivity index (χ0v) is 14.0. The number of carbonyl (C=O) groups is 1. The van der Waals surface area contributed by atoms with Crippen molar-refractivity contribution < 1.29 is 14.0 Å². The van der Waals surface area contributed by atoms with Crippen molar-refractivity contribution in [2.45, 2.75) is 58.5 Å². The summed E-state index contributed by atoms with van der Waals surface area (Å²) in [6.45, 7) is 13.0. The van der Waals surface area contributed by atoms with Crippen LogP contribution in [0.1, 0.15) is 19.8 Å². The molecular formula is C12H26O3Si2. The van der Waals surface area contributed by atoms with Gasteiger partial charge in [0.15, 0.2) is 16.6 Å². The molecule has 0 heterocycles. The fourth-order valence-electron chi connectivity index (χ4n) is 1.96. The minimum Gasteiger partial charge on any atom is -0.478 e. The second-order valence-corrected chi connectivity index (χ2v) is 15.2. The van der Waals surface area contributed by atoms with Gasteiger partial charge in [-0.05, 0) is 58.5 Å². The zero-order chi connectivity index (χ0) is 13.7. The van der Waals surface area contributed by atoms with Gasteiger partial charge in [-0.25, -0.2) is 4.79 Å². The Hall–Kier alpha value is -0.396. The van der Waals surface area contributed by atoms with Gasteiger partial charge in [0.05, 0.1) is 0 Å². The summed E-state index contributed by atoms with van der Waals surface area (Å²) < 4.78 is 6.23. The number of allylic oxidation sites excluding steroid dienone is 1. The minimum atomic E-state index is -1.56. The molecule has 0 fully saturated rings. The van der Waals surface area contributed by atoms with Gasteiger partial charge in [0, 0.05) is 6.08 Å². The number of carboxylic acid groups (broad SMARTS) is 1. The average molecular weight is 275 g/mol. The first kappa shape index (κ1) is 16.6. The normalized spacial score (nSPS) is 13.9. The smallest absolute Gasteiger partial charge is 0.328 e. The Morgan fingerprint density at radius 3 is 2.18 bits per heavy atom. The third kappa shape index (κ3) is 10.5. The van der Waals surface area contributed by atoms with E-state index in [1.54, 1.807) is 0 Å². The maximum atomic E-state index is 10.5. The van der Waals surface area contributed by atoms with Gasteiger partial charge in [-0.3, -0.25) is 0 Å². The number of carboxylic acids is 1. The van der Waals surface area contributed by atoms with Crippen molar-refractivity contribution in [3.05, 3.63) is 11.6 Å². The zero-order valence-electron chi connectivity index (χ0n) is 12.0. The van der Waals surface area contributed by atoms with Gasteiger partial charge in [0.1, 0.15) is 0 Å². The Labute approximate surface area is 107 Å². The van der Waals surface area contributed by atoms with Gasteiger partial charge in [-0.2, -0.15) is 0 Å². The SMILES string of the molecule is CC(=CC(=O)O)CCC[Si](C)(C)O[Si](C)(C)C. The molecule has 0 saturated carbocycles. The van der Waals surface area contributed by atoms with Crippen molar-refractivity contribution in [2.75, 3.05) is 0 Å². The lowest BCUT2D eigenvalue weighted by molar-refractivity contribution is -0.131. The van der Waals surface area contributed by atoms with Crippen LogP contribution >= 0.6 is 0 Å². The molecule has 0 radical (unpaired) electrons. The largest absolute Gasteiger partial charge is 0.478 e. The van der Waals surface area contributed by atoms with Crippen LogP contribution in [0.2, 0.25) is 38.8 Å². The molecule has 0 atom stereocenters. The molecule has 0 bridgehead atoms. The highest BCUT2D eigenvalue weighted by molar-refractivity contribution is 6.84. The predicted molar refractivity (Wildman–Crippen MR) is 77.3 cm³/mol. The number of hydrogen-bond acceptors (Lipinski definition) is 2. The van der Waals surface area contributed by atoms with Gasteiger partial charge in [-0.1, -0.05) is 5.57 Å². The molecule has 0 amide bonds. The molecule has 0 aliphatic carbocycles. The maximum Gasteiger partial charge on any atom is 0.328 e. The molecule has 0 saturated heterocycles. The summed E-state index contributed by atoms with van der Waals surface area (Å²) in [4.78, 5) is 10.5. The number of aliphatic carboxylic acids is 1. The van der Waals surface area contributed by atoms with Crippen LogP contribution in [0.25, 0.3) is 0 Å². The Kier molecular flexibility index (Phi) is 6.36. The molecule has 3 nitrogen and oxygen atoms in total. The molecule has 17 heavy (non-hydrogen) atoms. The van der Waals surface area contributed by atoms with Crippen molar-refractivity contribution in [1.29, 1.82) is 0 Å². The molecule has 0 aromatic rings. The highest BCUT2D eigenvalue weighted by Gasteiger charge is 2.28. The Balaban J connectivity index is 4.08. The van der Waals surface area contributed by atoms with E-state index in [0.717, 1.165) is 24.5 Å². The molecule has 0 aromatic heterocycles. The van der Waals surface area contributed by atoms with Crippen LogP contribution in [0.5, 0.6) is 0 Å². The second-order valence-electron chi connectivity index (χ2n) is 6.16. The lowest BCUT2D eigenvalue weighted by Crippen LogP contribution is -2.42. The summed E-state index contributed by atoms with van der Waals surface area (Å²) in [5.74, 6) is -0.850. The summed E-state index contributed by atoms with van der Waals surface area (Å²) >= 11 is 0. The van der Waals surface area contributed by atoms with E-state index in [-0.39, 0.29) is 0 Å². The topological polar surface area (TPSA) is 46.5 Å². The summed E-state index contributed by atoms with van der Waals surface area (Å²) in [5, 5.41) is 8.61. The molecule has 100 valence electrons. The summed E-state index contributed by atoms with van der Waals surface area (Å²) in [5.41, 5.74) is 0.940. The molecule has 0 aliphatic rings. The fraction of sp³-hybridized carbons (Fsp3) is 0.750. The lowest BCUT2D eigenvalue weighted by Gasteiger charge is -2.31. The number of rotatable bonds is 7. The molecule has 0 unspecified atom stereocenters. The van der Waals surface area contributed by atoms with Gasteiger partial charge in [0.2, 0.25) is 0 Å². The van der Waals surface area contributed by atoms with Crippen molar-refractivity contribution in [2.24, 2.45) is 0 Å². The van der Waals surface area contributed by atoms with Crippen LogP contribution in [0.3, 0.4) is 0 Å². The van der Waals surface area contributed by atoms with Crippen LogP contribution in [0, 0.1) is 0 Å². The first-order valence-electron chi connectivity index (χ1n) is 6.12. The molecule has 5 heteroatoms. The third-order valence-electron chi connectivity index (χ3n) is 2.30. The standard InChI is InChI=1S/C12H26O3Si2/c1-11(10-12(13)14)8-7-9-17(5,6)15-16(2,3)4/h10H,7-9H2,1-6H3,(H,13,14). The van der Waals surface area contributed by atoms with Crippen molar-refractivity contribution in [3.8, 4) is 0 Å². The molecule has 0 spiro atoms. The van der Waals surface area contributed by atoms with Crippen molar-refractivity contribution in [3.63, 3.8) is 0 Å². The first-order chi connectivity index (χ1) is 7.52. The van der Waals surface area contributed by atoms with Gasteiger partial charge < -0.3 is 9.22 Å². The third-order valence-corrected chi connectivity index (χ3v) is 8.52. The van der Waals surface area contributed by atoms with Crippen LogP contribution in [0.4, 0.5) is 0 Å². The maximum absolute atomic E-state index is 10.5. The van der Waals surface area contributed by atoms with E-state index >= 15 is 0 Å². The van der Waals surface area contributed by atoms with Gasteiger partial charge in [-0.15, -0.1) is 0 Å². The Morgan fingerprint density at radius 1 is 1.24 bits per heavy atom. The first-order valence-corrected chi connectivity index (χ1v) is 12.6.